The van der Waals surface area contributed by atoms with E-state index in [0.717, 1.165) is 30.5 Å². The van der Waals surface area contributed by atoms with Gasteiger partial charge in [-0.1, -0.05) is 54.6 Å². The summed E-state index contributed by atoms with van der Waals surface area (Å²) in [6.45, 7) is 3.36. The van der Waals surface area contributed by atoms with Crippen molar-refractivity contribution in [3.8, 4) is 16.9 Å². The number of likely N-dealkylation sites (N-methyl/N-ethyl adjacent to an activating group) is 1. The number of ether oxygens (including phenoxy) is 1. The van der Waals surface area contributed by atoms with Gasteiger partial charge in [-0.25, -0.2) is 0 Å². The summed E-state index contributed by atoms with van der Waals surface area (Å²) < 4.78 is 6.01. The molecule has 0 aliphatic heterocycles. The molecule has 160 valence electrons. The van der Waals surface area contributed by atoms with Crippen LogP contribution in [-0.2, 0) is 5.41 Å². The molecule has 0 unspecified atom stereocenters. The summed E-state index contributed by atoms with van der Waals surface area (Å²) in [6.07, 6.45) is 2.09. The Kier molecular flexibility index (Phi) is 5.84. The monoisotopic (exact) mass is 414 g/mol. The number of nitrogens with zero attached hydrogens (tertiary/aromatic N) is 1. The zero-order chi connectivity index (χ0) is 22.0. The molecule has 4 nitrogen and oxygen atoms in total. The fraction of sp³-hybridized carbons (Fsp3) is 0.296. The van der Waals surface area contributed by atoms with E-state index in [4.69, 9.17) is 10.5 Å². The van der Waals surface area contributed by atoms with Crippen molar-refractivity contribution >= 4 is 5.91 Å². The fourth-order valence-electron chi connectivity index (χ4n) is 4.34. The van der Waals surface area contributed by atoms with E-state index in [1.807, 2.05) is 27.1 Å². The molecule has 4 heteroatoms. The van der Waals surface area contributed by atoms with Crippen LogP contribution in [0.25, 0.3) is 11.1 Å². The molecule has 31 heavy (non-hydrogen) atoms. The van der Waals surface area contributed by atoms with Gasteiger partial charge in [-0.3, -0.25) is 4.79 Å². The van der Waals surface area contributed by atoms with Gasteiger partial charge in [0.1, 0.15) is 12.4 Å². The minimum absolute atomic E-state index is 0.0972. The molecular weight excluding hydrogens is 384 g/mol. The van der Waals surface area contributed by atoms with Crippen LogP contribution in [0.4, 0.5) is 0 Å². The van der Waals surface area contributed by atoms with Gasteiger partial charge in [-0.2, -0.15) is 0 Å². The molecule has 4 rings (SSSR count). The quantitative estimate of drug-likeness (QED) is 0.577. The van der Waals surface area contributed by atoms with Crippen molar-refractivity contribution in [2.24, 2.45) is 5.73 Å². The smallest absolute Gasteiger partial charge is 0.249 e. The second-order valence-electron chi connectivity index (χ2n) is 8.69. The van der Waals surface area contributed by atoms with Gasteiger partial charge >= 0.3 is 0 Å². The zero-order valence-electron chi connectivity index (χ0n) is 18.5. The van der Waals surface area contributed by atoms with Crippen LogP contribution in [0.1, 0.15) is 39.9 Å². The van der Waals surface area contributed by atoms with Gasteiger partial charge < -0.3 is 15.4 Å². The Hall–Kier alpha value is -3.11. The van der Waals surface area contributed by atoms with E-state index >= 15 is 0 Å². The van der Waals surface area contributed by atoms with Gasteiger partial charge in [0.25, 0.3) is 0 Å². The summed E-state index contributed by atoms with van der Waals surface area (Å²) in [7, 11) is 4.02. The van der Waals surface area contributed by atoms with Crippen molar-refractivity contribution in [1.29, 1.82) is 0 Å². The SMILES string of the molecule is Cc1c(C(N)=O)cc(OCCN(C)C)cc1C1(c2cccc(-c3ccccc3)c2)CC1. The maximum absolute atomic E-state index is 12.2. The Morgan fingerprint density at radius 1 is 1.00 bits per heavy atom. The van der Waals surface area contributed by atoms with Crippen LogP contribution in [-0.4, -0.2) is 38.1 Å². The summed E-state index contributed by atoms with van der Waals surface area (Å²) in [5, 5.41) is 0. The third-order valence-corrected chi connectivity index (χ3v) is 6.24. The van der Waals surface area contributed by atoms with Crippen LogP contribution in [0, 0.1) is 6.92 Å². The normalized spacial score (nSPS) is 14.5. The number of carbonyl (C=O) groups is 1. The van der Waals surface area contributed by atoms with Gasteiger partial charge in [-0.05, 0) is 73.8 Å². The lowest BCUT2D eigenvalue weighted by molar-refractivity contribution is 0.0999. The second kappa shape index (κ2) is 8.56. The number of benzene rings is 3. The van der Waals surface area contributed by atoms with Crippen molar-refractivity contribution < 1.29 is 9.53 Å². The summed E-state index contributed by atoms with van der Waals surface area (Å²) in [4.78, 5) is 14.3. The van der Waals surface area contributed by atoms with E-state index in [-0.39, 0.29) is 5.41 Å². The van der Waals surface area contributed by atoms with Crippen molar-refractivity contribution in [3.05, 3.63) is 89.0 Å². The first-order valence-corrected chi connectivity index (χ1v) is 10.8. The van der Waals surface area contributed by atoms with Gasteiger partial charge in [-0.15, -0.1) is 0 Å². The molecule has 0 spiro atoms. The lowest BCUT2D eigenvalue weighted by Gasteiger charge is -2.23. The summed E-state index contributed by atoms with van der Waals surface area (Å²) in [5.41, 5.74) is 12.0. The van der Waals surface area contributed by atoms with Crippen LogP contribution >= 0.6 is 0 Å². The Labute approximate surface area is 184 Å². The number of primary amides is 1. The molecular formula is C27H30N2O2. The zero-order valence-corrected chi connectivity index (χ0v) is 18.5. The van der Waals surface area contributed by atoms with Crippen LogP contribution in [0.5, 0.6) is 5.75 Å². The molecule has 0 atom stereocenters. The average molecular weight is 415 g/mol. The Bertz CT molecular complexity index is 1090. The standard InChI is InChI=1S/C27H30N2O2/c1-19-24(26(28)30)17-23(31-15-14-29(2)3)18-25(19)27(12-13-27)22-11-7-10-21(16-22)20-8-5-4-6-9-20/h4-11,16-18H,12-15H2,1-3H3,(H2,28,30). The van der Waals surface area contributed by atoms with Crippen molar-refractivity contribution in [2.45, 2.75) is 25.2 Å². The lowest BCUT2D eigenvalue weighted by Crippen LogP contribution is -2.21. The van der Waals surface area contributed by atoms with Crippen LogP contribution < -0.4 is 10.5 Å². The molecule has 1 saturated carbocycles. The van der Waals surface area contributed by atoms with Gasteiger partial charge in [0.05, 0.1) is 0 Å². The predicted octanol–water partition coefficient (Wildman–Crippen LogP) is 4.78. The third kappa shape index (κ3) is 4.35. The van der Waals surface area contributed by atoms with E-state index in [0.29, 0.717) is 17.9 Å². The van der Waals surface area contributed by atoms with Crippen molar-refractivity contribution in [1.82, 2.24) is 4.90 Å². The number of rotatable bonds is 8. The minimum atomic E-state index is -0.411. The number of carbonyl (C=O) groups excluding carboxylic acids is 1. The highest BCUT2D eigenvalue weighted by Gasteiger charge is 2.47. The number of hydrogen-bond donors (Lipinski definition) is 1. The molecule has 0 aromatic heterocycles. The van der Waals surface area contributed by atoms with Crippen LogP contribution in [0.15, 0.2) is 66.7 Å². The van der Waals surface area contributed by atoms with Crippen molar-refractivity contribution in [2.75, 3.05) is 27.2 Å². The molecule has 1 aliphatic rings. The highest BCUT2D eigenvalue weighted by atomic mass is 16.5. The van der Waals surface area contributed by atoms with Gasteiger partial charge in [0, 0.05) is 17.5 Å². The van der Waals surface area contributed by atoms with E-state index in [1.165, 1.54) is 16.7 Å². The van der Waals surface area contributed by atoms with Gasteiger partial charge in [0.2, 0.25) is 5.91 Å². The molecule has 0 saturated heterocycles. The third-order valence-electron chi connectivity index (χ3n) is 6.24. The first-order chi connectivity index (χ1) is 14.9. The van der Waals surface area contributed by atoms with E-state index in [1.54, 1.807) is 6.07 Å². The van der Waals surface area contributed by atoms with Crippen molar-refractivity contribution in [3.63, 3.8) is 0 Å². The lowest BCUT2D eigenvalue weighted by atomic mass is 9.82. The molecule has 1 aliphatic carbocycles. The molecule has 3 aromatic carbocycles. The second-order valence-corrected chi connectivity index (χ2v) is 8.69. The minimum Gasteiger partial charge on any atom is -0.492 e. The highest BCUT2D eigenvalue weighted by molar-refractivity contribution is 5.95. The van der Waals surface area contributed by atoms with Crippen LogP contribution in [0.2, 0.25) is 0 Å². The Balaban J connectivity index is 1.74. The molecule has 1 fully saturated rings. The van der Waals surface area contributed by atoms with E-state index < -0.39 is 5.91 Å². The van der Waals surface area contributed by atoms with Gasteiger partial charge in [0.15, 0.2) is 0 Å². The first kappa shape index (κ1) is 21.1. The Morgan fingerprint density at radius 3 is 2.35 bits per heavy atom. The van der Waals surface area contributed by atoms with E-state index in [2.05, 4.69) is 59.5 Å². The highest BCUT2D eigenvalue weighted by Crippen LogP contribution is 2.55. The Morgan fingerprint density at radius 2 is 1.71 bits per heavy atom. The molecule has 2 N–H and O–H groups in total. The van der Waals surface area contributed by atoms with Crippen LogP contribution in [0.3, 0.4) is 0 Å². The van der Waals surface area contributed by atoms with E-state index in [9.17, 15) is 4.79 Å². The predicted molar refractivity (Wildman–Crippen MR) is 126 cm³/mol. The fourth-order valence-corrected chi connectivity index (χ4v) is 4.34. The first-order valence-electron chi connectivity index (χ1n) is 10.8. The number of hydrogen-bond acceptors (Lipinski definition) is 3. The molecule has 0 radical (unpaired) electrons. The number of amides is 1. The molecule has 0 bridgehead atoms. The summed E-state index contributed by atoms with van der Waals surface area (Å²) in [6, 6.07) is 23.1. The summed E-state index contributed by atoms with van der Waals surface area (Å²) >= 11 is 0. The summed E-state index contributed by atoms with van der Waals surface area (Å²) in [5.74, 6) is 0.299. The average Bonchev–Trinajstić information content (AvgIpc) is 3.57. The maximum atomic E-state index is 12.2. The maximum Gasteiger partial charge on any atom is 0.249 e. The molecule has 0 heterocycles. The molecule has 1 amide bonds. The number of nitrogens with two attached hydrogens (primary N) is 1. The largest absolute Gasteiger partial charge is 0.492 e. The topological polar surface area (TPSA) is 55.6 Å². The molecule has 3 aromatic rings.